The summed E-state index contributed by atoms with van der Waals surface area (Å²) in [5.41, 5.74) is 6.38. The maximum Gasteiger partial charge on any atom is 0.154 e. The van der Waals surface area contributed by atoms with Gasteiger partial charge in [-0.05, 0) is 31.6 Å². The average Bonchev–Trinajstić information content (AvgIpc) is 3.13. The van der Waals surface area contributed by atoms with Crippen molar-refractivity contribution in [2.24, 2.45) is 18.7 Å². The van der Waals surface area contributed by atoms with E-state index < -0.39 is 0 Å². The van der Waals surface area contributed by atoms with Crippen LogP contribution in [0.15, 0.2) is 0 Å². The maximum absolute atomic E-state index is 6.38. The Balaban J connectivity index is 1.76. The Morgan fingerprint density at radius 3 is 2.53 bits per heavy atom. The summed E-state index contributed by atoms with van der Waals surface area (Å²) in [6.45, 7) is 0. The zero-order valence-electron chi connectivity index (χ0n) is 10.6. The molecule has 1 aromatic heterocycles. The van der Waals surface area contributed by atoms with E-state index in [0.717, 1.165) is 11.6 Å². The van der Waals surface area contributed by atoms with Gasteiger partial charge in [0.2, 0.25) is 0 Å². The lowest BCUT2D eigenvalue weighted by Crippen LogP contribution is -2.26. The summed E-state index contributed by atoms with van der Waals surface area (Å²) in [4.78, 5) is 4.67. The molecule has 2 aliphatic carbocycles. The van der Waals surface area contributed by atoms with E-state index in [-0.39, 0.29) is 6.04 Å². The van der Waals surface area contributed by atoms with Crippen molar-refractivity contribution in [1.82, 2.24) is 14.8 Å². The van der Waals surface area contributed by atoms with Crippen molar-refractivity contribution in [2.45, 2.75) is 56.9 Å². The quantitative estimate of drug-likeness (QED) is 0.873. The average molecular weight is 234 g/mol. The lowest BCUT2D eigenvalue weighted by Gasteiger charge is -2.26. The predicted octanol–water partition coefficient (Wildman–Crippen LogP) is 2.27. The molecule has 1 aromatic rings. The van der Waals surface area contributed by atoms with E-state index in [1.807, 2.05) is 11.7 Å². The first kappa shape index (κ1) is 11.2. The molecule has 0 radical (unpaired) electrons. The van der Waals surface area contributed by atoms with E-state index in [9.17, 15) is 0 Å². The molecular weight excluding hydrogens is 212 g/mol. The van der Waals surface area contributed by atoms with Crippen molar-refractivity contribution >= 4 is 0 Å². The van der Waals surface area contributed by atoms with Crippen molar-refractivity contribution in [1.29, 1.82) is 0 Å². The van der Waals surface area contributed by atoms with Gasteiger partial charge in [0.25, 0.3) is 0 Å². The first-order chi connectivity index (χ1) is 8.25. The minimum absolute atomic E-state index is 0.0836. The van der Waals surface area contributed by atoms with Crippen molar-refractivity contribution in [3.05, 3.63) is 11.6 Å². The van der Waals surface area contributed by atoms with Gasteiger partial charge in [0, 0.05) is 13.0 Å². The van der Waals surface area contributed by atoms with E-state index in [4.69, 9.17) is 5.73 Å². The molecule has 0 aliphatic heterocycles. The Kier molecular flexibility index (Phi) is 2.90. The van der Waals surface area contributed by atoms with Crippen LogP contribution in [0.4, 0.5) is 0 Å². The largest absolute Gasteiger partial charge is 0.321 e. The van der Waals surface area contributed by atoms with Crippen molar-refractivity contribution in [3.8, 4) is 0 Å². The SMILES string of the molecule is Cn1nc(C2CC2)nc1C(N)C1CCCCC1. The molecule has 17 heavy (non-hydrogen) atoms. The van der Waals surface area contributed by atoms with Crippen LogP contribution in [0.5, 0.6) is 0 Å². The third-order valence-electron chi connectivity index (χ3n) is 4.21. The summed E-state index contributed by atoms with van der Waals surface area (Å²) in [7, 11) is 1.98. The van der Waals surface area contributed by atoms with Crippen LogP contribution in [0, 0.1) is 5.92 Å². The Morgan fingerprint density at radius 1 is 1.18 bits per heavy atom. The van der Waals surface area contributed by atoms with E-state index >= 15 is 0 Å². The van der Waals surface area contributed by atoms with Gasteiger partial charge >= 0.3 is 0 Å². The molecule has 1 atom stereocenters. The number of aryl methyl sites for hydroxylation is 1. The lowest BCUT2D eigenvalue weighted by molar-refractivity contribution is 0.296. The van der Waals surface area contributed by atoms with Gasteiger partial charge in [-0.15, -0.1) is 0 Å². The number of nitrogens with zero attached hydrogens (tertiary/aromatic N) is 3. The van der Waals surface area contributed by atoms with Gasteiger partial charge in [0.15, 0.2) is 5.82 Å². The van der Waals surface area contributed by atoms with Gasteiger partial charge in [0.1, 0.15) is 5.82 Å². The topological polar surface area (TPSA) is 56.7 Å². The normalized spacial score (nSPS) is 23.9. The first-order valence-electron chi connectivity index (χ1n) is 6.92. The van der Waals surface area contributed by atoms with E-state index in [0.29, 0.717) is 11.8 Å². The molecule has 94 valence electrons. The van der Waals surface area contributed by atoms with E-state index in [1.165, 1.54) is 44.9 Å². The second-order valence-corrected chi connectivity index (χ2v) is 5.65. The predicted molar refractivity (Wildman–Crippen MR) is 66.5 cm³/mol. The number of hydrogen-bond acceptors (Lipinski definition) is 3. The summed E-state index contributed by atoms with van der Waals surface area (Å²) >= 11 is 0. The van der Waals surface area contributed by atoms with Crippen LogP contribution in [0.25, 0.3) is 0 Å². The number of nitrogens with two attached hydrogens (primary N) is 1. The fraction of sp³-hybridized carbons (Fsp3) is 0.846. The highest BCUT2D eigenvalue weighted by molar-refractivity contribution is 5.08. The second-order valence-electron chi connectivity index (χ2n) is 5.65. The molecule has 3 rings (SSSR count). The molecule has 0 saturated heterocycles. The molecular formula is C13H22N4. The van der Waals surface area contributed by atoms with Crippen LogP contribution in [-0.2, 0) is 7.05 Å². The second kappa shape index (κ2) is 4.41. The zero-order valence-corrected chi connectivity index (χ0v) is 10.6. The van der Waals surface area contributed by atoms with Crippen molar-refractivity contribution < 1.29 is 0 Å². The molecule has 4 heteroatoms. The Morgan fingerprint density at radius 2 is 1.88 bits per heavy atom. The number of hydrogen-bond donors (Lipinski definition) is 1. The Bertz CT molecular complexity index is 388. The highest BCUT2D eigenvalue weighted by atomic mass is 15.3. The van der Waals surface area contributed by atoms with Crippen LogP contribution in [0.1, 0.15) is 68.6 Å². The van der Waals surface area contributed by atoms with Crippen LogP contribution < -0.4 is 5.73 Å². The highest BCUT2D eigenvalue weighted by Gasteiger charge is 2.31. The highest BCUT2D eigenvalue weighted by Crippen LogP contribution is 2.39. The van der Waals surface area contributed by atoms with Gasteiger partial charge in [-0.2, -0.15) is 5.10 Å². The molecule has 0 spiro atoms. The lowest BCUT2D eigenvalue weighted by atomic mass is 9.84. The summed E-state index contributed by atoms with van der Waals surface area (Å²) in [6, 6.07) is 0.0836. The van der Waals surface area contributed by atoms with Crippen LogP contribution >= 0.6 is 0 Å². The zero-order chi connectivity index (χ0) is 11.8. The van der Waals surface area contributed by atoms with Crippen molar-refractivity contribution in [3.63, 3.8) is 0 Å². The monoisotopic (exact) mass is 234 g/mol. The van der Waals surface area contributed by atoms with Gasteiger partial charge in [-0.1, -0.05) is 19.3 Å². The molecule has 1 unspecified atom stereocenters. The fourth-order valence-electron chi connectivity index (χ4n) is 2.93. The fourth-order valence-corrected chi connectivity index (χ4v) is 2.93. The molecule has 2 fully saturated rings. The van der Waals surface area contributed by atoms with E-state index in [1.54, 1.807) is 0 Å². The molecule has 2 aliphatic rings. The number of aromatic nitrogens is 3. The van der Waals surface area contributed by atoms with Gasteiger partial charge in [-0.3, -0.25) is 4.68 Å². The minimum Gasteiger partial charge on any atom is -0.321 e. The molecule has 4 nitrogen and oxygen atoms in total. The molecule has 0 aromatic carbocycles. The third kappa shape index (κ3) is 2.23. The summed E-state index contributed by atoms with van der Waals surface area (Å²) in [5, 5.41) is 4.51. The molecule has 2 N–H and O–H groups in total. The maximum atomic E-state index is 6.38. The van der Waals surface area contributed by atoms with Gasteiger partial charge < -0.3 is 5.73 Å². The van der Waals surface area contributed by atoms with Gasteiger partial charge in [0.05, 0.1) is 6.04 Å². The minimum atomic E-state index is 0.0836. The molecule has 0 amide bonds. The Hall–Kier alpha value is -0.900. The molecule has 2 saturated carbocycles. The molecule has 1 heterocycles. The molecule has 0 bridgehead atoms. The first-order valence-corrected chi connectivity index (χ1v) is 6.92. The Labute approximate surface area is 103 Å². The van der Waals surface area contributed by atoms with Crippen LogP contribution in [-0.4, -0.2) is 14.8 Å². The smallest absolute Gasteiger partial charge is 0.154 e. The summed E-state index contributed by atoms with van der Waals surface area (Å²) in [6.07, 6.45) is 9.04. The van der Waals surface area contributed by atoms with Crippen LogP contribution in [0.3, 0.4) is 0 Å². The van der Waals surface area contributed by atoms with Crippen LogP contribution in [0.2, 0.25) is 0 Å². The van der Waals surface area contributed by atoms with Gasteiger partial charge in [-0.25, -0.2) is 4.98 Å². The third-order valence-corrected chi connectivity index (χ3v) is 4.21. The van der Waals surface area contributed by atoms with E-state index in [2.05, 4.69) is 10.1 Å². The summed E-state index contributed by atoms with van der Waals surface area (Å²) < 4.78 is 1.91. The van der Waals surface area contributed by atoms with Crippen molar-refractivity contribution in [2.75, 3.05) is 0 Å². The number of rotatable bonds is 3. The summed E-state index contributed by atoms with van der Waals surface area (Å²) in [5.74, 6) is 3.25. The standard InChI is InChI=1S/C13H22N4/c1-17-13(15-12(16-17)10-7-8-10)11(14)9-5-3-2-4-6-9/h9-11H,2-8,14H2,1H3.